The van der Waals surface area contributed by atoms with Crippen LogP contribution in [0, 0.1) is 6.92 Å². The number of aromatic nitrogens is 2. The van der Waals surface area contributed by atoms with E-state index < -0.39 is 0 Å². The molecule has 6 nitrogen and oxygen atoms in total. The number of para-hydroxylation sites is 1. The number of carbonyl (C=O) groups excluding carboxylic acids is 1. The van der Waals surface area contributed by atoms with Gasteiger partial charge in [-0.15, -0.1) is 10.2 Å². The predicted molar refractivity (Wildman–Crippen MR) is 116 cm³/mol. The van der Waals surface area contributed by atoms with E-state index in [1.165, 1.54) is 22.5 Å². The smallest absolute Gasteiger partial charge is 0.286 e. The largest absolute Gasteiger partial charge is 0.320 e. The molecule has 0 atom stereocenters. The molecular formula is C22H25N5OS. The second-order valence-electron chi connectivity index (χ2n) is 7.36. The standard InChI is InChI=1S/C22H25N5OS/c1-17-6-5-7-18(14-17)15-26-10-12-27(13-11-26)16-20-24-25-22(29-20)21(28)23-19-8-3-2-4-9-19/h2-9,14H,10-13,15-16H2,1H3,(H,23,28). The van der Waals surface area contributed by atoms with Crippen LogP contribution in [0.3, 0.4) is 0 Å². The summed E-state index contributed by atoms with van der Waals surface area (Å²) in [7, 11) is 0. The Bertz CT molecular complexity index is 951. The molecule has 1 aliphatic rings. The monoisotopic (exact) mass is 407 g/mol. The number of hydrogen-bond donors (Lipinski definition) is 1. The summed E-state index contributed by atoms with van der Waals surface area (Å²) in [6.07, 6.45) is 0. The first-order valence-electron chi connectivity index (χ1n) is 9.85. The summed E-state index contributed by atoms with van der Waals surface area (Å²) in [4.78, 5) is 17.2. The van der Waals surface area contributed by atoms with Crippen LogP contribution in [-0.4, -0.2) is 52.1 Å². The van der Waals surface area contributed by atoms with Crippen molar-refractivity contribution in [2.75, 3.05) is 31.5 Å². The highest BCUT2D eigenvalue weighted by Crippen LogP contribution is 2.17. The van der Waals surface area contributed by atoms with Gasteiger partial charge in [0.2, 0.25) is 5.01 Å². The molecule has 0 saturated carbocycles. The van der Waals surface area contributed by atoms with E-state index in [1.54, 1.807) is 0 Å². The molecule has 1 aromatic heterocycles. The summed E-state index contributed by atoms with van der Waals surface area (Å²) in [5.74, 6) is -0.206. The van der Waals surface area contributed by atoms with E-state index in [2.05, 4.69) is 56.5 Å². The lowest BCUT2D eigenvalue weighted by molar-refractivity contribution is 0.102. The lowest BCUT2D eigenvalue weighted by atomic mass is 10.1. The second-order valence-corrected chi connectivity index (χ2v) is 8.42. The van der Waals surface area contributed by atoms with E-state index >= 15 is 0 Å². The third-order valence-electron chi connectivity index (χ3n) is 5.01. The van der Waals surface area contributed by atoms with Gasteiger partial charge in [-0.25, -0.2) is 0 Å². The summed E-state index contributed by atoms with van der Waals surface area (Å²) in [5, 5.41) is 12.4. The first-order chi connectivity index (χ1) is 14.2. The first kappa shape index (κ1) is 19.7. The molecular weight excluding hydrogens is 382 g/mol. The Balaban J connectivity index is 1.26. The molecule has 4 rings (SSSR count). The van der Waals surface area contributed by atoms with Crippen LogP contribution >= 0.6 is 11.3 Å². The van der Waals surface area contributed by atoms with E-state index in [9.17, 15) is 4.79 Å². The van der Waals surface area contributed by atoms with Crippen molar-refractivity contribution in [3.63, 3.8) is 0 Å². The van der Waals surface area contributed by atoms with Gasteiger partial charge in [0.25, 0.3) is 5.91 Å². The van der Waals surface area contributed by atoms with Crippen LogP contribution in [0.1, 0.15) is 25.9 Å². The van der Waals surface area contributed by atoms with Gasteiger partial charge in [0, 0.05) is 38.4 Å². The maximum Gasteiger partial charge on any atom is 0.286 e. The minimum atomic E-state index is -0.206. The fraction of sp³-hybridized carbons (Fsp3) is 0.318. The van der Waals surface area contributed by atoms with Crippen molar-refractivity contribution in [3.8, 4) is 0 Å². The Labute approximate surface area is 175 Å². The molecule has 0 aliphatic carbocycles. The van der Waals surface area contributed by atoms with E-state index in [0.717, 1.165) is 50.0 Å². The van der Waals surface area contributed by atoms with E-state index in [-0.39, 0.29) is 5.91 Å². The number of hydrogen-bond acceptors (Lipinski definition) is 6. The Kier molecular flexibility index (Phi) is 6.29. The number of rotatable bonds is 6. The fourth-order valence-corrected chi connectivity index (χ4v) is 4.26. The van der Waals surface area contributed by atoms with E-state index in [4.69, 9.17) is 0 Å². The maximum absolute atomic E-state index is 12.3. The SMILES string of the molecule is Cc1cccc(CN2CCN(Cc3nnc(C(=O)Nc4ccccc4)s3)CC2)c1. The summed E-state index contributed by atoms with van der Waals surface area (Å²) < 4.78 is 0. The third kappa shape index (κ3) is 5.47. The van der Waals surface area contributed by atoms with Crippen molar-refractivity contribution in [1.29, 1.82) is 0 Å². The van der Waals surface area contributed by atoms with E-state index in [0.29, 0.717) is 5.01 Å². The van der Waals surface area contributed by atoms with Crippen molar-refractivity contribution < 1.29 is 4.79 Å². The van der Waals surface area contributed by atoms with Crippen LogP contribution in [-0.2, 0) is 13.1 Å². The van der Waals surface area contributed by atoms with Gasteiger partial charge in [-0.2, -0.15) is 0 Å². The zero-order valence-electron chi connectivity index (χ0n) is 16.5. The molecule has 1 aliphatic heterocycles. The molecule has 7 heteroatoms. The number of anilines is 1. The van der Waals surface area contributed by atoms with Crippen LogP contribution in [0.15, 0.2) is 54.6 Å². The van der Waals surface area contributed by atoms with E-state index in [1.807, 2.05) is 30.3 Å². The Morgan fingerprint density at radius 2 is 1.69 bits per heavy atom. The van der Waals surface area contributed by atoms with Gasteiger partial charge in [0.1, 0.15) is 5.01 Å². The van der Waals surface area contributed by atoms with Crippen LogP contribution in [0.25, 0.3) is 0 Å². The predicted octanol–water partition coefficient (Wildman–Crippen LogP) is 3.42. The highest BCUT2D eigenvalue weighted by Gasteiger charge is 2.20. The Morgan fingerprint density at radius 3 is 2.41 bits per heavy atom. The van der Waals surface area contributed by atoms with Crippen molar-refractivity contribution in [2.45, 2.75) is 20.0 Å². The highest BCUT2D eigenvalue weighted by molar-refractivity contribution is 7.13. The van der Waals surface area contributed by atoms with Crippen LogP contribution in [0.2, 0.25) is 0 Å². The number of nitrogens with zero attached hydrogens (tertiary/aromatic N) is 4. The molecule has 2 aromatic carbocycles. The normalized spacial score (nSPS) is 15.3. The topological polar surface area (TPSA) is 61.4 Å². The van der Waals surface area contributed by atoms with Gasteiger partial charge in [-0.3, -0.25) is 14.6 Å². The van der Waals surface area contributed by atoms with Crippen molar-refractivity contribution >= 4 is 22.9 Å². The lowest BCUT2D eigenvalue weighted by Gasteiger charge is -2.34. The summed E-state index contributed by atoms with van der Waals surface area (Å²) in [6, 6.07) is 18.1. The number of piperazine rings is 1. The van der Waals surface area contributed by atoms with Gasteiger partial charge in [-0.1, -0.05) is 59.4 Å². The number of nitrogens with one attached hydrogen (secondary N) is 1. The lowest BCUT2D eigenvalue weighted by Crippen LogP contribution is -2.45. The van der Waals surface area contributed by atoms with Gasteiger partial charge in [0.15, 0.2) is 0 Å². The fourth-order valence-electron chi connectivity index (χ4n) is 3.48. The molecule has 0 spiro atoms. The molecule has 0 unspecified atom stereocenters. The van der Waals surface area contributed by atoms with Gasteiger partial charge < -0.3 is 5.32 Å². The van der Waals surface area contributed by atoms with Gasteiger partial charge in [0.05, 0.1) is 6.54 Å². The van der Waals surface area contributed by atoms with Gasteiger partial charge >= 0.3 is 0 Å². The van der Waals surface area contributed by atoms with Crippen molar-refractivity contribution in [3.05, 3.63) is 75.7 Å². The first-order valence-corrected chi connectivity index (χ1v) is 10.7. The molecule has 29 heavy (non-hydrogen) atoms. The van der Waals surface area contributed by atoms with Crippen LogP contribution in [0.5, 0.6) is 0 Å². The van der Waals surface area contributed by atoms with Crippen molar-refractivity contribution in [1.82, 2.24) is 20.0 Å². The molecule has 0 bridgehead atoms. The van der Waals surface area contributed by atoms with Gasteiger partial charge in [-0.05, 0) is 24.6 Å². The number of carbonyl (C=O) groups is 1. The van der Waals surface area contributed by atoms with Crippen LogP contribution < -0.4 is 5.32 Å². The van der Waals surface area contributed by atoms with Crippen LogP contribution in [0.4, 0.5) is 5.69 Å². The second kappa shape index (κ2) is 9.26. The minimum absolute atomic E-state index is 0.206. The molecule has 1 amide bonds. The average Bonchev–Trinajstić information content (AvgIpc) is 3.19. The quantitative estimate of drug-likeness (QED) is 0.678. The average molecular weight is 408 g/mol. The molecule has 1 fully saturated rings. The zero-order valence-corrected chi connectivity index (χ0v) is 17.4. The highest BCUT2D eigenvalue weighted by atomic mass is 32.1. The molecule has 150 valence electrons. The number of aryl methyl sites for hydroxylation is 1. The molecule has 1 N–H and O–H groups in total. The summed E-state index contributed by atoms with van der Waals surface area (Å²) in [5.41, 5.74) is 3.44. The maximum atomic E-state index is 12.3. The number of benzene rings is 2. The number of amides is 1. The molecule has 3 aromatic rings. The van der Waals surface area contributed by atoms with Crippen molar-refractivity contribution in [2.24, 2.45) is 0 Å². The molecule has 2 heterocycles. The minimum Gasteiger partial charge on any atom is -0.320 e. The molecule has 0 radical (unpaired) electrons. The third-order valence-corrected chi connectivity index (χ3v) is 5.91. The Morgan fingerprint density at radius 1 is 0.966 bits per heavy atom. The summed E-state index contributed by atoms with van der Waals surface area (Å²) in [6.45, 7) is 7.95. The summed E-state index contributed by atoms with van der Waals surface area (Å²) >= 11 is 1.37. The Hall–Kier alpha value is -2.61. The molecule has 1 saturated heterocycles. The zero-order chi connectivity index (χ0) is 20.1.